The van der Waals surface area contributed by atoms with E-state index in [4.69, 9.17) is 9.47 Å². The predicted octanol–water partition coefficient (Wildman–Crippen LogP) is 3.50. The molecule has 0 fully saturated rings. The van der Waals surface area contributed by atoms with Crippen molar-refractivity contribution in [3.63, 3.8) is 0 Å². The van der Waals surface area contributed by atoms with Crippen LogP contribution >= 0.6 is 0 Å². The van der Waals surface area contributed by atoms with Gasteiger partial charge in [-0.05, 0) is 36.5 Å². The van der Waals surface area contributed by atoms with Gasteiger partial charge in [0.25, 0.3) is 0 Å². The highest BCUT2D eigenvalue weighted by Crippen LogP contribution is 2.17. The molecule has 1 rings (SSSR count). The largest absolute Gasteiger partial charge is 0.491 e. The average molecular weight is 276 g/mol. The van der Waals surface area contributed by atoms with Crippen molar-refractivity contribution in [3.8, 4) is 5.75 Å². The highest BCUT2D eigenvalue weighted by Gasteiger charge is 2.02. The highest BCUT2D eigenvalue weighted by atomic mass is 16.5. The minimum atomic E-state index is 0.632. The quantitative estimate of drug-likeness (QED) is 0.455. The van der Waals surface area contributed by atoms with Crippen molar-refractivity contribution in [2.45, 2.75) is 45.9 Å². The molecule has 0 radical (unpaired) electrons. The summed E-state index contributed by atoms with van der Waals surface area (Å²) < 4.78 is 11.0. The highest BCUT2D eigenvalue weighted by molar-refractivity contribution is 6.08. The maximum absolute atomic E-state index is 5.65. The minimum Gasteiger partial charge on any atom is -0.491 e. The Kier molecular flexibility index (Phi) is 9.22. The lowest BCUT2D eigenvalue weighted by Gasteiger charge is -2.10. The monoisotopic (exact) mass is 276 g/mol. The van der Waals surface area contributed by atoms with Gasteiger partial charge in [0.2, 0.25) is 0 Å². The van der Waals surface area contributed by atoms with Crippen molar-refractivity contribution < 1.29 is 9.47 Å². The average Bonchev–Trinajstić information content (AvgIpc) is 2.46. The second-order valence-corrected chi connectivity index (χ2v) is 5.54. The number of aryl methyl sites for hydroxylation is 1. The molecule has 1 unspecified atom stereocenters. The Bertz CT molecular complexity index is 337. The van der Waals surface area contributed by atoms with Crippen LogP contribution in [-0.4, -0.2) is 27.7 Å². The van der Waals surface area contributed by atoms with Gasteiger partial charge >= 0.3 is 0 Å². The van der Waals surface area contributed by atoms with Gasteiger partial charge in [-0.2, -0.15) is 0 Å². The Morgan fingerprint density at radius 3 is 2.45 bits per heavy atom. The third-order valence-corrected chi connectivity index (χ3v) is 3.48. The van der Waals surface area contributed by atoms with Crippen molar-refractivity contribution in [2.75, 3.05) is 19.8 Å². The Hall–Kier alpha value is -0.955. The van der Waals surface area contributed by atoms with Gasteiger partial charge in [0.1, 0.15) is 20.2 Å². The number of rotatable bonds is 11. The summed E-state index contributed by atoms with van der Waals surface area (Å²) in [6, 6.07) is 8.50. The second-order valence-electron chi connectivity index (χ2n) is 5.54. The number of hydrogen-bond acceptors (Lipinski definition) is 2. The van der Waals surface area contributed by atoms with Crippen LogP contribution in [0.4, 0.5) is 0 Å². The Balaban J connectivity index is 2.22. The molecule has 2 nitrogen and oxygen atoms in total. The van der Waals surface area contributed by atoms with Crippen LogP contribution in [0.2, 0.25) is 6.32 Å². The molecule has 1 aromatic carbocycles. The van der Waals surface area contributed by atoms with Gasteiger partial charge in [0.15, 0.2) is 0 Å². The van der Waals surface area contributed by atoms with Gasteiger partial charge in [-0.3, -0.25) is 0 Å². The van der Waals surface area contributed by atoms with Crippen LogP contribution in [0.5, 0.6) is 5.75 Å². The molecule has 0 aliphatic rings. The van der Waals surface area contributed by atoms with E-state index in [0.717, 1.165) is 24.6 Å². The first-order valence-electron chi connectivity index (χ1n) is 8.05. The predicted molar refractivity (Wildman–Crippen MR) is 88.5 cm³/mol. The number of benzene rings is 1. The van der Waals surface area contributed by atoms with Gasteiger partial charge in [-0.1, -0.05) is 45.1 Å². The van der Waals surface area contributed by atoms with Crippen molar-refractivity contribution in [2.24, 2.45) is 5.92 Å². The van der Waals surface area contributed by atoms with E-state index in [1.165, 1.54) is 31.2 Å². The van der Waals surface area contributed by atoms with Crippen LogP contribution in [0.25, 0.3) is 0 Å². The van der Waals surface area contributed by atoms with Crippen molar-refractivity contribution >= 4 is 7.85 Å². The molecule has 0 aliphatic carbocycles. The zero-order valence-corrected chi connectivity index (χ0v) is 13.4. The molecular formula is C17H29BO2. The molecule has 0 bridgehead atoms. The number of ether oxygens (including phenoxy) is 2. The fourth-order valence-electron chi connectivity index (χ4n) is 2.27. The molecule has 0 N–H and O–H groups in total. The van der Waals surface area contributed by atoms with E-state index >= 15 is 0 Å². The molecule has 20 heavy (non-hydrogen) atoms. The zero-order chi connectivity index (χ0) is 14.6. The fourth-order valence-corrected chi connectivity index (χ4v) is 2.27. The summed E-state index contributed by atoms with van der Waals surface area (Å²) in [6.45, 7) is 6.72. The summed E-state index contributed by atoms with van der Waals surface area (Å²) in [5.41, 5.74) is 1.41. The molecule has 1 atom stereocenters. The molecule has 0 saturated carbocycles. The van der Waals surface area contributed by atoms with E-state index in [1.807, 2.05) is 0 Å². The molecule has 0 spiro atoms. The second kappa shape index (κ2) is 10.8. The first kappa shape index (κ1) is 17.1. The van der Waals surface area contributed by atoms with Crippen LogP contribution in [0.3, 0.4) is 0 Å². The maximum atomic E-state index is 5.65. The Morgan fingerprint density at radius 1 is 1.05 bits per heavy atom. The fraction of sp³-hybridized carbons (Fsp3) is 0.647. The van der Waals surface area contributed by atoms with Crippen LogP contribution in [0.1, 0.15) is 38.7 Å². The van der Waals surface area contributed by atoms with E-state index in [0.29, 0.717) is 13.2 Å². The number of hydrogen-bond donors (Lipinski definition) is 0. The Labute approximate surface area is 125 Å². The SMILES string of the molecule is BCCOCCOc1ccc(CCC(C)CCC)cc1. The summed E-state index contributed by atoms with van der Waals surface area (Å²) in [5.74, 6) is 1.77. The molecule has 112 valence electrons. The van der Waals surface area contributed by atoms with Crippen molar-refractivity contribution in [1.82, 2.24) is 0 Å². The molecule has 1 aromatic rings. The van der Waals surface area contributed by atoms with E-state index < -0.39 is 0 Å². The maximum Gasteiger partial charge on any atom is 0.119 e. The van der Waals surface area contributed by atoms with Crippen LogP contribution in [0.15, 0.2) is 24.3 Å². The smallest absolute Gasteiger partial charge is 0.119 e. The zero-order valence-electron chi connectivity index (χ0n) is 13.4. The van der Waals surface area contributed by atoms with E-state index in [9.17, 15) is 0 Å². The standard InChI is InChI=1S/C17H29BO2/c1-3-4-15(2)5-6-16-7-9-17(10-8-16)20-14-13-19-12-11-18/h7-10,15H,3-6,11-14,18H2,1-2H3. The van der Waals surface area contributed by atoms with Gasteiger partial charge in [0, 0.05) is 6.61 Å². The third-order valence-electron chi connectivity index (χ3n) is 3.48. The molecular weight excluding hydrogens is 247 g/mol. The molecule has 0 aliphatic heterocycles. The van der Waals surface area contributed by atoms with Crippen molar-refractivity contribution in [3.05, 3.63) is 29.8 Å². The van der Waals surface area contributed by atoms with Gasteiger partial charge in [0.05, 0.1) is 6.61 Å². The van der Waals surface area contributed by atoms with Crippen molar-refractivity contribution in [1.29, 1.82) is 0 Å². The first-order chi connectivity index (χ1) is 9.76. The van der Waals surface area contributed by atoms with E-state index in [1.54, 1.807) is 0 Å². The van der Waals surface area contributed by atoms with Crippen LogP contribution < -0.4 is 4.74 Å². The molecule has 0 heterocycles. The lowest BCUT2D eigenvalue weighted by atomic mass is 9.97. The van der Waals surface area contributed by atoms with Crippen LogP contribution in [0, 0.1) is 5.92 Å². The summed E-state index contributed by atoms with van der Waals surface area (Å²) >= 11 is 0. The van der Waals surface area contributed by atoms with Crippen LogP contribution in [-0.2, 0) is 11.2 Å². The minimum absolute atomic E-state index is 0.632. The Morgan fingerprint density at radius 2 is 1.80 bits per heavy atom. The normalized spacial score (nSPS) is 12.3. The molecule has 0 amide bonds. The summed E-state index contributed by atoms with van der Waals surface area (Å²) in [4.78, 5) is 0. The van der Waals surface area contributed by atoms with Gasteiger partial charge < -0.3 is 9.47 Å². The molecule has 0 aromatic heterocycles. The molecule has 0 saturated heterocycles. The third kappa shape index (κ3) is 7.59. The topological polar surface area (TPSA) is 18.5 Å². The lowest BCUT2D eigenvalue weighted by molar-refractivity contribution is 0.110. The molecule has 3 heteroatoms. The van der Waals surface area contributed by atoms with E-state index in [-0.39, 0.29) is 0 Å². The lowest BCUT2D eigenvalue weighted by Crippen LogP contribution is -2.07. The summed E-state index contributed by atoms with van der Waals surface area (Å²) in [5, 5.41) is 0. The summed E-state index contributed by atoms with van der Waals surface area (Å²) in [6.07, 6.45) is 6.12. The van der Waals surface area contributed by atoms with E-state index in [2.05, 4.69) is 46.0 Å². The van der Waals surface area contributed by atoms with Gasteiger partial charge in [-0.15, -0.1) is 0 Å². The van der Waals surface area contributed by atoms with Gasteiger partial charge in [-0.25, -0.2) is 0 Å². The first-order valence-corrected chi connectivity index (χ1v) is 8.05. The summed E-state index contributed by atoms with van der Waals surface area (Å²) in [7, 11) is 2.11.